The van der Waals surface area contributed by atoms with Gasteiger partial charge < -0.3 is 9.64 Å². The van der Waals surface area contributed by atoms with E-state index in [0.717, 1.165) is 15.2 Å². The molecule has 4 rings (SSSR count). The number of anilines is 1. The fraction of sp³-hybridized carbons (Fsp3) is 0.211. The van der Waals surface area contributed by atoms with E-state index >= 15 is 0 Å². The molecule has 0 spiro atoms. The lowest BCUT2D eigenvalue weighted by Gasteiger charge is -2.17. The number of amides is 1. The average molecular weight is 387 g/mol. The van der Waals surface area contributed by atoms with Gasteiger partial charge in [0.2, 0.25) is 5.91 Å². The van der Waals surface area contributed by atoms with E-state index in [0.29, 0.717) is 10.7 Å². The van der Waals surface area contributed by atoms with Crippen molar-refractivity contribution in [3.05, 3.63) is 58.6 Å². The number of ether oxygens (including phenoxy) is 1. The van der Waals surface area contributed by atoms with E-state index in [1.165, 1.54) is 11.3 Å². The highest BCUT2D eigenvalue weighted by atomic mass is 35.5. The Morgan fingerprint density at radius 3 is 2.81 bits per heavy atom. The first kappa shape index (κ1) is 17.0. The molecule has 7 heteroatoms. The molecule has 0 saturated carbocycles. The molecule has 26 heavy (non-hydrogen) atoms. The van der Waals surface area contributed by atoms with Crippen LogP contribution in [0.4, 0.5) is 5.69 Å². The van der Waals surface area contributed by atoms with Crippen molar-refractivity contribution in [2.75, 3.05) is 11.4 Å². The second kappa shape index (κ2) is 7.05. The molecule has 1 atom stereocenters. The van der Waals surface area contributed by atoms with Crippen LogP contribution in [0.1, 0.15) is 11.4 Å². The number of thiazole rings is 1. The van der Waals surface area contributed by atoms with E-state index < -0.39 is 5.92 Å². The van der Waals surface area contributed by atoms with Crippen LogP contribution in [0.5, 0.6) is 0 Å². The maximum Gasteiger partial charge on any atom is 0.311 e. The summed E-state index contributed by atoms with van der Waals surface area (Å²) in [5.41, 5.74) is 1.52. The van der Waals surface area contributed by atoms with Crippen LogP contribution < -0.4 is 4.90 Å². The number of aromatic nitrogens is 1. The highest BCUT2D eigenvalue weighted by Crippen LogP contribution is 2.31. The first-order valence-corrected chi connectivity index (χ1v) is 9.37. The summed E-state index contributed by atoms with van der Waals surface area (Å²) < 4.78 is 6.46. The van der Waals surface area contributed by atoms with E-state index in [2.05, 4.69) is 4.98 Å². The second-order valence-electron chi connectivity index (χ2n) is 6.04. The van der Waals surface area contributed by atoms with Crippen molar-refractivity contribution in [2.45, 2.75) is 13.0 Å². The lowest BCUT2D eigenvalue weighted by Crippen LogP contribution is -2.26. The third-order valence-electron chi connectivity index (χ3n) is 4.28. The van der Waals surface area contributed by atoms with Gasteiger partial charge in [-0.05, 0) is 24.3 Å². The number of para-hydroxylation sites is 2. The Bertz CT molecular complexity index is 955. The molecular formula is C19H15ClN2O3S. The van der Waals surface area contributed by atoms with Crippen molar-refractivity contribution in [3.63, 3.8) is 0 Å². The average Bonchev–Trinajstić information content (AvgIpc) is 3.23. The quantitative estimate of drug-likeness (QED) is 0.635. The Labute approximate surface area is 159 Å². The molecule has 0 radical (unpaired) electrons. The van der Waals surface area contributed by atoms with Gasteiger partial charge in [-0.15, -0.1) is 11.3 Å². The van der Waals surface area contributed by atoms with Crippen LogP contribution in [0, 0.1) is 5.92 Å². The van der Waals surface area contributed by atoms with E-state index in [-0.39, 0.29) is 31.4 Å². The van der Waals surface area contributed by atoms with Gasteiger partial charge in [0, 0.05) is 13.0 Å². The number of esters is 1. The van der Waals surface area contributed by atoms with Crippen LogP contribution in [-0.2, 0) is 20.9 Å². The molecule has 1 aliphatic heterocycles. The van der Waals surface area contributed by atoms with Gasteiger partial charge in [-0.25, -0.2) is 4.98 Å². The molecule has 132 valence electrons. The number of carbonyl (C=O) groups is 2. The normalized spacial score (nSPS) is 17.0. The predicted octanol–water partition coefficient (Wildman–Crippen LogP) is 4.05. The van der Waals surface area contributed by atoms with Gasteiger partial charge in [0.1, 0.15) is 11.6 Å². The van der Waals surface area contributed by atoms with Gasteiger partial charge in [0.15, 0.2) is 0 Å². The molecule has 1 aliphatic rings. The topological polar surface area (TPSA) is 59.5 Å². The van der Waals surface area contributed by atoms with Crippen LogP contribution in [0.15, 0.2) is 48.5 Å². The molecule has 1 saturated heterocycles. The molecule has 2 aromatic carbocycles. The standard InChI is InChI=1S/C19H15ClN2O3S/c20-13-5-1-3-7-15(13)22-10-12(9-18(22)23)19(24)25-11-17-21-14-6-2-4-8-16(14)26-17/h1-8,12H,9-11H2/t12-/m1/s1. The zero-order valence-electron chi connectivity index (χ0n) is 13.7. The molecule has 0 bridgehead atoms. The zero-order chi connectivity index (χ0) is 18.1. The van der Waals surface area contributed by atoms with Gasteiger partial charge in [-0.2, -0.15) is 0 Å². The lowest BCUT2D eigenvalue weighted by atomic mass is 10.1. The minimum Gasteiger partial charge on any atom is -0.458 e. The van der Waals surface area contributed by atoms with Gasteiger partial charge in [0.05, 0.1) is 26.8 Å². The van der Waals surface area contributed by atoms with Crippen LogP contribution in [0.25, 0.3) is 10.2 Å². The number of hydrogen-bond acceptors (Lipinski definition) is 5. The summed E-state index contributed by atoms with van der Waals surface area (Å²) in [5.74, 6) is -1.000. The van der Waals surface area contributed by atoms with Crippen LogP contribution in [-0.4, -0.2) is 23.4 Å². The van der Waals surface area contributed by atoms with Crippen molar-refractivity contribution >= 4 is 50.7 Å². The van der Waals surface area contributed by atoms with Crippen molar-refractivity contribution in [2.24, 2.45) is 5.92 Å². The summed E-state index contributed by atoms with van der Waals surface area (Å²) >= 11 is 7.66. The highest BCUT2D eigenvalue weighted by Gasteiger charge is 2.36. The predicted molar refractivity (Wildman–Crippen MR) is 101 cm³/mol. The molecule has 1 aromatic heterocycles. The van der Waals surface area contributed by atoms with Gasteiger partial charge in [-0.3, -0.25) is 9.59 Å². The minimum absolute atomic E-state index is 0.120. The molecular weight excluding hydrogens is 372 g/mol. The molecule has 1 amide bonds. The summed E-state index contributed by atoms with van der Waals surface area (Å²) in [7, 11) is 0. The SMILES string of the molecule is O=C(OCc1nc2ccccc2s1)[C@@H]1CC(=O)N(c2ccccc2Cl)C1. The highest BCUT2D eigenvalue weighted by molar-refractivity contribution is 7.18. The Morgan fingerprint density at radius 2 is 2.00 bits per heavy atom. The summed E-state index contributed by atoms with van der Waals surface area (Å²) in [6, 6.07) is 14.9. The van der Waals surface area contributed by atoms with Crippen LogP contribution in [0.2, 0.25) is 5.02 Å². The third-order valence-corrected chi connectivity index (χ3v) is 5.61. The van der Waals surface area contributed by atoms with E-state index in [4.69, 9.17) is 16.3 Å². The maximum absolute atomic E-state index is 12.4. The molecule has 1 fully saturated rings. The van der Waals surface area contributed by atoms with Crippen molar-refractivity contribution in [3.8, 4) is 0 Å². The first-order chi connectivity index (χ1) is 12.6. The zero-order valence-corrected chi connectivity index (χ0v) is 15.3. The van der Waals surface area contributed by atoms with E-state index in [1.807, 2.05) is 30.3 Å². The number of fused-ring (bicyclic) bond motifs is 1. The first-order valence-electron chi connectivity index (χ1n) is 8.18. The fourth-order valence-electron chi connectivity index (χ4n) is 3.00. The van der Waals surface area contributed by atoms with E-state index in [1.54, 1.807) is 23.1 Å². The molecule has 0 N–H and O–H groups in total. The summed E-state index contributed by atoms with van der Waals surface area (Å²) in [6.07, 6.45) is 0.129. The summed E-state index contributed by atoms with van der Waals surface area (Å²) in [4.78, 5) is 30.7. The summed E-state index contributed by atoms with van der Waals surface area (Å²) in [5, 5.41) is 1.23. The number of rotatable bonds is 4. The molecule has 0 unspecified atom stereocenters. The Balaban J connectivity index is 1.41. The van der Waals surface area contributed by atoms with Crippen molar-refractivity contribution < 1.29 is 14.3 Å². The number of nitrogens with zero attached hydrogens (tertiary/aromatic N) is 2. The molecule has 2 heterocycles. The summed E-state index contributed by atoms with van der Waals surface area (Å²) in [6.45, 7) is 0.399. The number of halogens is 1. The maximum atomic E-state index is 12.4. The fourth-order valence-corrected chi connectivity index (χ4v) is 4.12. The second-order valence-corrected chi connectivity index (χ2v) is 7.56. The number of benzene rings is 2. The van der Waals surface area contributed by atoms with Gasteiger partial charge in [0.25, 0.3) is 0 Å². The number of carbonyl (C=O) groups excluding carboxylic acids is 2. The largest absolute Gasteiger partial charge is 0.458 e. The van der Waals surface area contributed by atoms with Crippen LogP contribution in [0.3, 0.4) is 0 Å². The molecule has 3 aromatic rings. The minimum atomic E-state index is -0.492. The van der Waals surface area contributed by atoms with Crippen molar-refractivity contribution in [1.82, 2.24) is 4.98 Å². The molecule has 5 nitrogen and oxygen atoms in total. The smallest absolute Gasteiger partial charge is 0.311 e. The third kappa shape index (κ3) is 3.30. The Kier molecular flexibility index (Phi) is 4.61. The van der Waals surface area contributed by atoms with Crippen molar-refractivity contribution in [1.29, 1.82) is 0 Å². The van der Waals surface area contributed by atoms with Crippen LogP contribution >= 0.6 is 22.9 Å². The monoisotopic (exact) mass is 386 g/mol. The van der Waals surface area contributed by atoms with Gasteiger partial charge in [-0.1, -0.05) is 35.9 Å². The van der Waals surface area contributed by atoms with Gasteiger partial charge >= 0.3 is 5.97 Å². The Morgan fingerprint density at radius 1 is 1.23 bits per heavy atom. The lowest BCUT2D eigenvalue weighted by molar-refractivity contribution is -0.149. The molecule has 0 aliphatic carbocycles. The number of hydrogen-bond donors (Lipinski definition) is 0. The Hall–Kier alpha value is -2.44. The van der Waals surface area contributed by atoms with E-state index in [9.17, 15) is 9.59 Å².